The van der Waals surface area contributed by atoms with Gasteiger partial charge in [0.25, 0.3) is 0 Å². The Kier molecular flexibility index (Phi) is 6.26. The number of amidine groups is 1. The summed E-state index contributed by atoms with van der Waals surface area (Å²) in [5.41, 5.74) is 5.87. The predicted molar refractivity (Wildman–Crippen MR) is 93.3 cm³/mol. The molecule has 0 spiro atoms. The third kappa shape index (κ3) is 5.69. The van der Waals surface area contributed by atoms with Crippen LogP contribution in [0.3, 0.4) is 0 Å². The molecule has 9 heteroatoms. The van der Waals surface area contributed by atoms with Gasteiger partial charge in [0.1, 0.15) is 5.25 Å². The lowest BCUT2D eigenvalue weighted by molar-refractivity contribution is -0.124. The quantitative estimate of drug-likeness (QED) is 0.540. The smallest absolute Gasteiger partial charge is 0.318 e. The molecule has 0 radical (unpaired) electrons. The fraction of sp³-hybridized carbons (Fsp3) is 0.133. The summed E-state index contributed by atoms with van der Waals surface area (Å²) in [6.45, 7) is 0. The maximum absolute atomic E-state index is 11.7. The van der Waals surface area contributed by atoms with Gasteiger partial charge >= 0.3 is 6.03 Å². The summed E-state index contributed by atoms with van der Waals surface area (Å²) in [5, 5.41) is 11.7. The van der Waals surface area contributed by atoms with Crippen LogP contribution in [0.15, 0.2) is 46.6 Å². The molecule has 1 aromatic carbocycles. The van der Waals surface area contributed by atoms with Crippen LogP contribution in [-0.4, -0.2) is 34.5 Å². The number of nitrogens with zero attached hydrogens (tertiary/aromatic N) is 2. The Morgan fingerprint density at radius 2 is 2.08 bits per heavy atom. The van der Waals surface area contributed by atoms with Gasteiger partial charge in [-0.15, -0.1) is 5.10 Å². The summed E-state index contributed by atoms with van der Waals surface area (Å²) < 4.78 is 0. The molecule has 4 amide bonds. The van der Waals surface area contributed by atoms with E-state index in [4.69, 9.17) is 5.73 Å². The zero-order chi connectivity index (χ0) is 17.4. The number of hydrogen-bond acceptors (Lipinski definition) is 6. The molecule has 0 aliphatic carbocycles. The number of benzene rings is 1. The zero-order valence-electron chi connectivity index (χ0n) is 12.5. The molecule has 0 aromatic heterocycles. The number of nitrogens with one attached hydrogen (secondary N) is 2. The minimum absolute atomic E-state index is 0.171. The summed E-state index contributed by atoms with van der Waals surface area (Å²) in [7, 11) is 0. The molecular formula is C15H15N5O3S. The van der Waals surface area contributed by atoms with E-state index in [1.54, 1.807) is 6.08 Å². The van der Waals surface area contributed by atoms with Crippen LogP contribution >= 0.6 is 11.8 Å². The van der Waals surface area contributed by atoms with E-state index >= 15 is 0 Å². The highest BCUT2D eigenvalue weighted by Gasteiger charge is 2.32. The first kappa shape index (κ1) is 17.4. The molecule has 24 heavy (non-hydrogen) atoms. The molecule has 0 bridgehead atoms. The standard InChI is InChI=1S/C15H15N5O3S/c16-14(23)18-12(21)9-11-13(22)19-15(24-11)20-17-8-4-7-10-5-2-1-3-6-10/h1-8,11H,9H2,(H,19,20,22)(H3,16,18,21,23)/b7-4+,17-8-. The lowest BCUT2D eigenvalue weighted by atomic mass is 10.2. The van der Waals surface area contributed by atoms with Gasteiger partial charge in [0.05, 0.1) is 0 Å². The summed E-state index contributed by atoms with van der Waals surface area (Å²) >= 11 is 1.07. The summed E-state index contributed by atoms with van der Waals surface area (Å²) in [6, 6.07) is 8.73. The van der Waals surface area contributed by atoms with Crippen LogP contribution in [0.4, 0.5) is 4.79 Å². The van der Waals surface area contributed by atoms with Crippen molar-refractivity contribution in [1.29, 1.82) is 0 Å². The van der Waals surface area contributed by atoms with E-state index in [0.29, 0.717) is 5.17 Å². The van der Waals surface area contributed by atoms with Gasteiger partial charge in [-0.2, -0.15) is 5.10 Å². The van der Waals surface area contributed by atoms with Gasteiger partial charge in [-0.25, -0.2) is 4.79 Å². The first-order valence-electron chi connectivity index (χ1n) is 6.94. The van der Waals surface area contributed by atoms with Crippen molar-refractivity contribution >= 4 is 47.1 Å². The number of allylic oxidation sites excluding steroid dienone is 1. The number of amides is 4. The number of rotatable bonds is 5. The van der Waals surface area contributed by atoms with Gasteiger partial charge in [-0.05, 0) is 11.6 Å². The lowest BCUT2D eigenvalue weighted by Gasteiger charge is -2.03. The Labute approximate surface area is 142 Å². The van der Waals surface area contributed by atoms with E-state index in [9.17, 15) is 14.4 Å². The highest BCUT2D eigenvalue weighted by Crippen LogP contribution is 2.22. The maximum atomic E-state index is 11.7. The Hall–Kier alpha value is -2.94. The van der Waals surface area contributed by atoms with Crippen molar-refractivity contribution in [3.8, 4) is 0 Å². The molecule has 1 fully saturated rings. The number of carbonyl (C=O) groups is 3. The van der Waals surface area contributed by atoms with Crippen molar-refractivity contribution in [3.05, 3.63) is 42.0 Å². The van der Waals surface area contributed by atoms with Gasteiger partial charge in [0.15, 0.2) is 5.17 Å². The minimum Gasteiger partial charge on any atom is -0.351 e. The first-order valence-corrected chi connectivity index (χ1v) is 7.82. The third-order valence-corrected chi connectivity index (χ3v) is 3.87. The van der Waals surface area contributed by atoms with Crippen molar-refractivity contribution in [2.75, 3.05) is 0 Å². The van der Waals surface area contributed by atoms with Crippen molar-refractivity contribution in [2.45, 2.75) is 11.7 Å². The minimum atomic E-state index is -0.952. The Balaban J connectivity index is 1.85. The van der Waals surface area contributed by atoms with Gasteiger partial charge in [-0.1, -0.05) is 48.2 Å². The molecule has 1 aliphatic rings. The summed E-state index contributed by atoms with van der Waals surface area (Å²) in [5.74, 6) is -0.987. The van der Waals surface area contributed by atoms with E-state index < -0.39 is 17.2 Å². The molecule has 124 valence electrons. The number of thioether (sulfide) groups is 1. The first-order chi connectivity index (χ1) is 11.5. The SMILES string of the molecule is NC(=O)NC(=O)CC1S\C(=N/N=C\C=C\c2ccccc2)NC1=O. The molecule has 1 aromatic rings. The average Bonchev–Trinajstić information content (AvgIpc) is 2.87. The van der Waals surface area contributed by atoms with E-state index in [-0.39, 0.29) is 12.3 Å². The second-order valence-corrected chi connectivity index (χ2v) is 5.84. The molecular weight excluding hydrogens is 330 g/mol. The van der Waals surface area contributed by atoms with E-state index in [1.807, 2.05) is 41.7 Å². The van der Waals surface area contributed by atoms with Crippen molar-refractivity contribution in [3.63, 3.8) is 0 Å². The maximum Gasteiger partial charge on any atom is 0.318 e. The highest BCUT2D eigenvalue weighted by atomic mass is 32.2. The number of imide groups is 1. The Morgan fingerprint density at radius 1 is 1.33 bits per heavy atom. The fourth-order valence-corrected chi connectivity index (χ4v) is 2.71. The predicted octanol–water partition coefficient (Wildman–Crippen LogP) is 0.858. The molecule has 2 rings (SSSR count). The summed E-state index contributed by atoms with van der Waals surface area (Å²) in [6.07, 6.45) is 4.90. The third-order valence-electron chi connectivity index (χ3n) is 2.80. The topological polar surface area (TPSA) is 126 Å². The number of primary amides is 1. The van der Waals surface area contributed by atoms with Gasteiger partial charge < -0.3 is 11.1 Å². The lowest BCUT2D eigenvalue weighted by Crippen LogP contribution is -2.37. The molecule has 0 saturated carbocycles. The number of carbonyl (C=O) groups excluding carboxylic acids is 3. The number of urea groups is 1. The Morgan fingerprint density at radius 3 is 2.79 bits per heavy atom. The van der Waals surface area contributed by atoms with Gasteiger partial charge in [0, 0.05) is 12.6 Å². The largest absolute Gasteiger partial charge is 0.351 e. The van der Waals surface area contributed by atoms with Gasteiger partial charge in [-0.3, -0.25) is 14.9 Å². The van der Waals surface area contributed by atoms with Crippen LogP contribution in [0.2, 0.25) is 0 Å². The second kappa shape index (κ2) is 8.63. The average molecular weight is 345 g/mol. The van der Waals surface area contributed by atoms with Crippen LogP contribution < -0.4 is 16.4 Å². The summed E-state index contributed by atoms with van der Waals surface area (Å²) in [4.78, 5) is 33.7. The van der Waals surface area contributed by atoms with Crippen LogP contribution in [0.1, 0.15) is 12.0 Å². The molecule has 4 N–H and O–H groups in total. The molecule has 8 nitrogen and oxygen atoms in total. The van der Waals surface area contributed by atoms with Crippen LogP contribution in [0.5, 0.6) is 0 Å². The van der Waals surface area contributed by atoms with E-state index in [0.717, 1.165) is 17.3 Å². The van der Waals surface area contributed by atoms with Gasteiger partial charge in [0.2, 0.25) is 11.8 Å². The molecule has 1 unspecified atom stereocenters. The van der Waals surface area contributed by atoms with E-state index in [2.05, 4.69) is 15.5 Å². The van der Waals surface area contributed by atoms with E-state index in [1.165, 1.54) is 6.21 Å². The number of hydrogen-bond donors (Lipinski definition) is 3. The van der Waals surface area contributed by atoms with Crippen LogP contribution in [0.25, 0.3) is 6.08 Å². The fourth-order valence-electron chi connectivity index (χ4n) is 1.79. The number of nitrogens with two attached hydrogens (primary N) is 1. The molecule has 1 heterocycles. The normalized spacial score (nSPS) is 19.1. The highest BCUT2D eigenvalue weighted by molar-refractivity contribution is 8.15. The second-order valence-electron chi connectivity index (χ2n) is 4.65. The van der Waals surface area contributed by atoms with Crippen molar-refractivity contribution in [1.82, 2.24) is 10.6 Å². The monoisotopic (exact) mass is 345 g/mol. The molecule has 1 atom stereocenters. The van der Waals surface area contributed by atoms with Crippen LogP contribution in [-0.2, 0) is 9.59 Å². The van der Waals surface area contributed by atoms with Crippen LogP contribution in [0, 0.1) is 0 Å². The molecule has 1 aliphatic heterocycles. The Bertz CT molecular complexity index is 715. The zero-order valence-corrected chi connectivity index (χ0v) is 13.3. The van der Waals surface area contributed by atoms with Crippen molar-refractivity contribution in [2.24, 2.45) is 15.9 Å². The molecule has 1 saturated heterocycles. The van der Waals surface area contributed by atoms with Crippen molar-refractivity contribution < 1.29 is 14.4 Å².